The first-order valence-electron chi connectivity index (χ1n) is 10.9. The van der Waals surface area contributed by atoms with E-state index in [0.29, 0.717) is 17.3 Å². The van der Waals surface area contributed by atoms with Crippen LogP contribution < -0.4 is 14.8 Å². The average Bonchev–Trinajstić information content (AvgIpc) is 2.80. The molecular weight excluding hydrogens is 464 g/mol. The molecule has 0 bridgehead atoms. The molecule has 0 aromatic heterocycles. The van der Waals surface area contributed by atoms with Crippen LogP contribution in [-0.4, -0.2) is 77.6 Å². The summed E-state index contributed by atoms with van der Waals surface area (Å²) in [5.74, 6) is 0.0421. The summed E-state index contributed by atoms with van der Waals surface area (Å²) in [5.41, 5.74) is 0.509. The number of methoxy groups -OCH3 is 1. The molecule has 8 nitrogen and oxygen atoms in total. The van der Waals surface area contributed by atoms with E-state index in [9.17, 15) is 13.2 Å². The molecule has 180 valence electrons. The number of anilines is 1. The molecule has 33 heavy (non-hydrogen) atoms. The van der Waals surface area contributed by atoms with Gasteiger partial charge < -0.3 is 19.9 Å². The van der Waals surface area contributed by atoms with E-state index < -0.39 is 10.0 Å². The molecule has 2 aromatic carbocycles. The number of hydrogen-bond donors (Lipinski definition) is 2. The van der Waals surface area contributed by atoms with Crippen LogP contribution in [0.3, 0.4) is 0 Å². The Balaban J connectivity index is 1.54. The van der Waals surface area contributed by atoms with E-state index in [4.69, 9.17) is 16.3 Å². The second-order valence-electron chi connectivity index (χ2n) is 8.09. The minimum atomic E-state index is -3.94. The first-order chi connectivity index (χ1) is 15.8. The maximum Gasteiger partial charge on any atom is 0.262 e. The molecule has 0 aliphatic carbocycles. The van der Waals surface area contributed by atoms with Gasteiger partial charge in [0.15, 0.2) is 0 Å². The predicted octanol–water partition coefficient (Wildman–Crippen LogP) is 2.91. The third-order valence-electron chi connectivity index (χ3n) is 5.59. The van der Waals surface area contributed by atoms with Crippen LogP contribution in [0.2, 0.25) is 5.02 Å². The van der Waals surface area contributed by atoms with Gasteiger partial charge in [-0.1, -0.05) is 17.7 Å². The molecule has 10 heteroatoms. The van der Waals surface area contributed by atoms with Gasteiger partial charge in [-0.05, 0) is 62.8 Å². The van der Waals surface area contributed by atoms with Crippen LogP contribution in [0.5, 0.6) is 5.75 Å². The Labute approximate surface area is 200 Å². The molecule has 1 heterocycles. The quantitative estimate of drug-likeness (QED) is 0.493. The number of carbonyl (C=O) groups excluding carboxylic acids is 1. The number of ether oxygens (including phenoxy) is 1. The maximum atomic E-state index is 12.9. The molecule has 1 amide bonds. The minimum Gasteiger partial charge on any atom is -0.495 e. The fraction of sp³-hybridized carbons (Fsp3) is 0.435. The largest absolute Gasteiger partial charge is 0.495 e. The third kappa shape index (κ3) is 7.33. The van der Waals surface area contributed by atoms with Crippen molar-refractivity contribution in [1.82, 2.24) is 15.1 Å². The Morgan fingerprint density at radius 3 is 2.58 bits per heavy atom. The summed E-state index contributed by atoms with van der Waals surface area (Å²) in [7, 11) is -0.364. The molecule has 1 aliphatic rings. The van der Waals surface area contributed by atoms with Crippen molar-refractivity contribution >= 4 is 33.2 Å². The highest BCUT2D eigenvalue weighted by Crippen LogP contribution is 2.29. The third-order valence-corrected chi connectivity index (χ3v) is 7.19. The van der Waals surface area contributed by atoms with Crippen LogP contribution in [0.15, 0.2) is 47.4 Å². The zero-order valence-electron chi connectivity index (χ0n) is 19.0. The fourth-order valence-electron chi connectivity index (χ4n) is 3.60. The topological polar surface area (TPSA) is 91.0 Å². The van der Waals surface area contributed by atoms with Crippen molar-refractivity contribution < 1.29 is 17.9 Å². The summed E-state index contributed by atoms with van der Waals surface area (Å²) in [5, 5.41) is 3.25. The first kappa shape index (κ1) is 25.3. The van der Waals surface area contributed by atoms with Crippen molar-refractivity contribution in [3.63, 3.8) is 0 Å². The number of rotatable bonds is 10. The zero-order chi connectivity index (χ0) is 23.8. The van der Waals surface area contributed by atoms with E-state index in [0.717, 1.165) is 45.6 Å². The Bertz CT molecular complexity index is 1060. The molecule has 1 fully saturated rings. The molecule has 1 saturated heterocycles. The molecular formula is C23H31ClN4O4S. The van der Waals surface area contributed by atoms with E-state index >= 15 is 0 Å². The summed E-state index contributed by atoms with van der Waals surface area (Å²) in [6.45, 7) is 5.92. The summed E-state index contributed by atoms with van der Waals surface area (Å²) >= 11 is 5.99. The van der Waals surface area contributed by atoms with E-state index in [1.165, 1.54) is 25.3 Å². The average molecular weight is 495 g/mol. The van der Waals surface area contributed by atoms with Crippen LogP contribution in [-0.2, 0) is 10.0 Å². The van der Waals surface area contributed by atoms with Gasteiger partial charge in [0.2, 0.25) is 0 Å². The second-order valence-corrected chi connectivity index (χ2v) is 10.2. The lowest BCUT2D eigenvalue weighted by atomic mass is 10.2. The molecule has 0 atom stereocenters. The summed E-state index contributed by atoms with van der Waals surface area (Å²) in [6.07, 6.45) is 1.87. The first-order valence-corrected chi connectivity index (χ1v) is 12.8. The van der Waals surface area contributed by atoms with Crippen LogP contribution in [0.1, 0.15) is 23.2 Å². The van der Waals surface area contributed by atoms with E-state index in [2.05, 4.69) is 26.9 Å². The Hall–Kier alpha value is -2.33. The number of carbonyl (C=O) groups is 1. The summed E-state index contributed by atoms with van der Waals surface area (Å²) in [6, 6.07) is 10.6. The van der Waals surface area contributed by atoms with Crippen molar-refractivity contribution in [3.8, 4) is 5.75 Å². The number of hydrogen-bond acceptors (Lipinski definition) is 6. The number of amides is 1. The molecule has 0 unspecified atom stereocenters. The summed E-state index contributed by atoms with van der Waals surface area (Å²) < 4.78 is 33.4. The highest BCUT2D eigenvalue weighted by Gasteiger charge is 2.19. The fourth-order valence-corrected chi connectivity index (χ4v) is 4.88. The molecule has 2 N–H and O–H groups in total. The van der Waals surface area contributed by atoms with E-state index in [1.54, 1.807) is 24.3 Å². The smallest absolute Gasteiger partial charge is 0.262 e. The monoisotopic (exact) mass is 494 g/mol. The lowest BCUT2D eigenvalue weighted by molar-refractivity contribution is 0.0951. The van der Waals surface area contributed by atoms with Crippen molar-refractivity contribution in [2.75, 3.05) is 58.1 Å². The molecule has 1 aliphatic heterocycles. The zero-order valence-corrected chi connectivity index (χ0v) is 20.6. The highest BCUT2D eigenvalue weighted by molar-refractivity contribution is 7.92. The number of nitrogens with one attached hydrogen (secondary N) is 2. The van der Waals surface area contributed by atoms with Crippen molar-refractivity contribution in [1.29, 1.82) is 0 Å². The van der Waals surface area contributed by atoms with E-state index in [-0.39, 0.29) is 22.1 Å². The van der Waals surface area contributed by atoms with Gasteiger partial charge in [0.25, 0.3) is 15.9 Å². The van der Waals surface area contributed by atoms with Crippen molar-refractivity contribution in [2.24, 2.45) is 0 Å². The van der Waals surface area contributed by atoms with Crippen LogP contribution in [0.4, 0.5) is 5.69 Å². The van der Waals surface area contributed by atoms with Gasteiger partial charge >= 0.3 is 0 Å². The minimum absolute atomic E-state index is 0.0211. The Morgan fingerprint density at radius 1 is 1.09 bits per heavy atom. The normalized spacial score (nSPS) is 15.2. The number of halogens is 1. The van der Waals surface area contributed by atoms with Crippen LogP contribution in [0, 0.1) is 0 Å². The highest BCUT2D eigenvalue weighted by atomic mass is 35.5. The SMILES string of the molecule is COc1ccc(Cl)cc1NS(=O)(=O)c1cccc(C(=O)NCCCCN2CCN(C)CC2)c1. The summed E-state index contributed by atoms with van der Waals surface area (Å²) in [4.78, 5) is 17.3. The van der Waals surface area contributed by atoms with Gasteiger partial charge in [0, 0.05) is 43.3 Å². The molecule has 3 rings (SSSR count). The number of piperazine rings is 1. The van der Waals surface area contributed by atoms with Gasteiger partial charge in [-0.15, -0.1) is 0 Å². The standard InChI is InChI=1S/C23H31ClN4O4S/c1-27-12-14-28(15-13-27)11-4-3-10-25-23(29)18-6-5-7-20(16-18)33(30,31)26-21-17-19(24)8-9-22(21)32-2/h5-9,16-17,26H,3-4,10-15H2,1-2H3,(H,25,29). The number of benzene rings is 2. The van der Waals surface area contributed by atoms with Gasteiger partial charge in [-0.2, -0.15) is 0 Å². The van der Waals surface area contributed by atoms with Crippen molar-refractivity contribution in [3.05, 3.63) is 53.1 Å². The van der Waals surface area contributed by atoms with Gasteiger partial charge in [-0.25, -0.2) is 8.42 Å². The predicted molar refractivity (Wildman–Crippen MR) is 131 cm³/mol. The van der Waals surface area contributed by atoms with Crippen LogP contribution >= 0.6 is 11.6 Å². The lowest BCUT2D eigenvalue weighted by Gasteiger charge is -2.32. The second kappa shape index (κ2) is 11.7. The number of nitrogens with zero attached hydrogens (tertiary/aromatic N) is 2. The molecule has 0 spiro atoms. The van der Waals surface area contributed by atoms with Crippen LogP contribution in [0.25, 0.3) is 0 Å². The molecule has 2 aromatic rings. The maximum absolute atomic E-state index is 12.9. The van der Waals surface area contributed by atoms with Gasteiger partial charge in [0.05, 0.1) is 17.7 Å². The Morgan fingerprint density at radius 2 is 1.85 bits per heavy atom. The molecule has 0 saturated carbocycles. The number of unbranched alkanes of at least 4 members (excludes halogenated alkanes) is 1. The number of likely N-dealkylation sites (N-methyl/N-ethyl adjacent to an activating group) is 1. The Kier molecular flexibility index (Phi) is 8.96. The van der Waals surface area contributed by atoms with Gasteiger partial charge in [0.1, 0.15) is 5.75 Å². The van der Waals surface area contributed by atoms with E-state index in [1.807, 2.05) is 0 Å². The van der Waals surface area contributed by atoms with Gasteiger partial charge in [-0.3, -0.25) is 9.52 Å². The van der Waals surface area contributed by atoms with Crippen molar-refractivity contribution in [2.45, 2.75) is 17.7 Å². The lowest BCUT2D eigenvalue weighted by Crippen LogP contribution is -2.44. The number of sulfonamides is 1. The molecule has 0 radical (unpaired) electrons.